The lowest BCUT2D eigenvalue weighted by Gasteiger charge is -2.39. The second-order valence-corrected chi connectivity index (χ2v) is 16.2. The molecule has 2 amide bonds. The number of carbonyl (C=O) groups is 2. The number of hydrogen-bond donors (Lipinski definition) is 3. The highest BCUT2D eigenvalue weighted by Gasteiger charge is 2.36. The number of piperazine rings is 1. The first-order valence-corrected chi connectivity index (χ1v) is 20.1. The molecule has 2 aromatic carbocycles. The molecule has 0 saturated carbocycles. The van der Waals surface area contributed by atoms with Gasteiger partial charge < -0.3 is 29.7 Å². The Morgan fingerprint density at radius 1 is 1.00 bits per heavy atom. The van der Waals surface area contributed by atoms with Crippen molar-refractivity contribution in [3.05, 3.63) is 63.4 Å². The van der Waals surface area contributed by atoms with Gasteiger partial charge in [0.15, 0.2) is 12.4 Å². The third-order valence-electron chi connectivity index (χ3n) is 11.9. The highest BCUT2D eigenvalue weighted by Crippen LogP contribution is 2.39. The van der Waals surface area contributed by atoms with Crippen molar-refractivity contribution in [1.29, 1.82) is 0 Å². The molecule has 4 aliphatic rings. The van der Waals surface area contributed by atoms with Gasteiger partial charge in [0, 0.05) is 83.2 Å². The van der Waals surface area contributed by atoms with Crippen LogP contribution in [0.3, 0.4) is 0 Å². The summed E-state index contributed by atoms with van der Waals surface area (Å²) in [6.45, 7) is 4.23. The van der Waals surface area contributed by atoms with Gasteiger partial charge in [0.1, 0.15) is 10.8 Å². The van der Waals surface area contributed by atoms with Gasteiger partial charge in [-0.2, -0.15) is 10.1 Å². The van der Waals surface area contributed by atoms with E-state index in [1.807, 2.05) is 23.9 Å². The summed E-state index contributed by atoms with van der Waals surface area (Å²) in [7, 11) is 3.33. The number of halogens is 4. The van der Waals surface area contributed by atoms with Crippen molar-refractivity contribution in [2.75, 3.05) is 79.4 Å². The largest absolute Gasteiger partial charge is 0.480 e. The van der Waals surface area contributed by atoms with Crippen molar-refractivity contribution in [2.24, 2.45) is 20.0 Å². The van der Waals surface area contributed by atoms with E-state index in [0.29, 0.717) is 35.8 Å². The van der Waals surface area contributed by atoms with E-state index in [9.17, 15) is 23.2 Å². The van der Waals surface area contributed by atoms with Crippen molar-refractivity contribution < 1.29 is 27.5 Å². The summed E-state index contributed by atoms with van der Waals surface area (Å²) < 4.78 is 52.3. The predicted octanol–water partition coefficient (Wildman–Crippen LogP) is 4.75. The molecule has 0 radical (unpaired) electrons. The molecule has 3 N–H and O–H groups in total. The van der Waals surface area contributed by atoms with Crippen LogP contribution in [-0.2, 0) is 23.7 Å². The maximum Gasteiger partial charge on any atom is 0.298 e. The number of piperidine rings is 2. The summed E-state index contributed by atoms with van der Waals surface area (Å²) in [4.78, 5) is 53.5. The van der Waals surface area contributed by atoms with Crippen LogP contribution in [0.5, 0.6) is 5.75 Å². The number of imide groups is 1. The van der Waals surface area contributed by atoms with Gasteiger partial charge >= 0.3 is 0 Å². The van der Waals surface area contributed by atoms with Crippen LogP contribution in [0.2, 0.25) is 5.02 Å². The second kappa shape index (κ2) is 15.2. The number of amides is 2. The number of nitrogens with zero attached hydrogens (tertiary/aromatic N) is 8. The summed E-state index contributed by atoms with van der Waals surface area (Å²) in [5.74, 6) is -4.04. The first kappa shape index (κ1) is 38.9. The van der Waals surface area contributed by atoms with Crippen LogP contribution in [0.4, 0.5) is 42.0 Å². The van der Waals surface area contributed by atoms with Crippen molar-refractivity contribution in [1.82, 2.24) is 34.5 Å². The number of alkyl halides is 2. The maximum atomic E-state index is 15.6. The van der Waals surface area contributed by atoms with Crippen LogP contribution in [0.15, 0.2) is 41.3 Å². The average molecular weight is 834 g/mol. The van der Waals surface area contributed by atoms with Gasteiger partial charge in [0.2, 0.25) is 23.5 Å². The zero-order valence-corrected chi connectivity index (χ0v) is 33.3. The molecule has 3 fully saturated rings. The first-order valence-electron chi connectivity index (χ1n) is 19.8. The molecule has 0 bridgehead atoms. The van der Waals surface area contributed by atoms with Gasteiger partial charge in [-0.05, 0) is 37.3 Å². The summed E-state index contributed by atoms with van der Waals surface area (Å²) in [5, 5.41) is 14.2. The molecule has 7 heterocycles. The number of para-hydroxylation sites is 1. The summed E-state index contributed by atoms with van der Waals surface area (Å²) in [6, 6.07) is 8.71. The van der Waals surface area contributed by atoms with Gasteiger partial charge in [0.05, 0.1) is 52.4 Å². The summed E-state index contributed by atoms with van der Waals surface area (Å²) in [6.07, 6.45) is 4.09. The lowest BCUT2D eigenvalue weighted by molar-refractivity contribution is -0.134. The molecule has 5 aromatic rings. The molecular formula is C40H43ClF3N11O4. The number of carbonyl (C=O) groups excluding carboxylic acids is 2. The van der Waals surface area contributed by atoms with Gasteiger partial charge in [-0.25, -0.2) is 18.2 Å². The molecule has 1 unspecified atom stereocenters. The second-order valence-electron chi connectivity index (χ2n) is 15.8. The standard InChI is InChI=1S/C40H43ClF3N11O4/c1-51-30-17-27(42)28(16-25(30)33-35(38(51)58)59-21-40(43,44)20-46-33)47-36-26(41)18-45-39(49-36)55-10-8-22(9-11-55)19-53-12-14-54(15-13-53)29-5-3-4-23-32(50-52(2)34(23)29)24-6-7-31(56)48-37(24)57/h3-5,16-18,22,24,46H,6-15,19-21H2,1-2H3,(H,45,47,49)(H,48,56,57). The van der Waals surface area contributed by atoms with Crippen LogP contribution < -0.4 is 36.0 Å². The normalized spacial score (nSPS) is 20.3. The number of anilines is 5. The fourth-order valence-corrected chi connectivity index (χ4v) is 8.91. The minimum Gasteiger partial charge on any atom is -0.480 e. The highest BCUT2D eigenvalue weighted by molar-refractivity contribution is 6.33. The van der Waals surface area contributed by atoms with Crippen LogP contribution in [-0.4, -0.2) is 106 Å². The van der Waals surface area contributed by atoms with E-state index in [-0.39, 0.29) is 45.3 Å². The number of pyridine rings is 1. The number of rotatable bonds is 7. The SMILES string of the molecule is Cn1nc(C2CCC(=O)NC2=O)c2cccc(N3CCN(CC4CCN(c5ncc(Cl)c(Nc6cc7c8c(c(=O)n(C)c7cc6F)OCC(F)(F)CN8)n5)CC4)CC3)c21. The van der Waals surface area contributed by atoms with Crippen molar-refractivity contribution in [2.45, 2.75) is 37.5 Å². The summed E-state index contributed by atoms with van der Waals surface area (Å²) >= 11 is 6.50. The smallest absolute Gasteiger partial charge is 0.298 e. The van der Waals surface area contributed by atoms with Crippen LogP contribution in [0.1, 0.15) is 37.3 Å². The summed E-state index contributed by atoms with van der Waals surface area (Å²) in [5.41, 5.74) is 2.37. The van der Waals surface area contributed by atoms with Crippen molar-refractivity contribution >= 4 is 74.0 Å². The van der Waals surface area contributed by atoms with Gasteiger partial charge in [0.25, 0.3) is 11.5 Å². The van der Waals surface area contributed by atoms with Gasteiger partial charge in [-0.1, -0.05) is 23.7 Å². The first-order chi connectivity index (χ1) is 28.3. The van der Waals surface area contributed by atoms with E-state index in [4.69, 9.17) is 21.4 Å². The average Bonchev–Trinajstić information content (AvgIpc) is 3.46. The van der Waals surface area contributed by atoms with E-state index >= 15 is 4.39 Å². The minimum absolute atomic E-state index is 0.0181. The predicted molar refractivity (Wildman–Crippen MR) is 218 cm³/mol. The molecular weight excluding hydrogens is 791 g/mol. The molecule has 1 atom stereocenters. The zero-order valence-electron chi connectivity index (χ0n) is 32.5. The number of aromatic nitrogens is 5. The zero-order chi connectivity index (χ0) is 41.2. The van der Waals surface area contributed by atoms with E-state index in [2.05, 4.69) is 46.7 Å². The Morgan fingerprint density at radius 3 is 2.54 bits per heavy atom. The quantitative estimate of drug-likeness (QED) is 0.194. The van der Waals surface area contributed by atoms with Crippen LogP contribution in [0, 0.1) is 11.7 Å². The third-order valence-corrected chi connectivity index (χ3v) is 12.2. The molecule has 15 nitrogen and oxygen atoms in total. The lowest BCUT2D eigenvalue weighted by atomic mass is 9.92. The number of benzene rings is 2. The number of hydrogen-bond acceptors (Lipinski definition) is 12. The molecule has 310 valence electrons. The third kappa shape index (κ3) is 7.36. The van der Waals surface area contributed by atoms with Gasteiger partial charge in [-0.3, -0.25) is 29.3 Å². The molecule has 9 rings (SSSR count). The highest BCUT2D eigenvalue weighted by atomic mass is 35.5. The fraction of sp³-hybridized carbons (Fsp3) is 0.450. The van der Waals surface area contributed by atoms with E-state index in [1.165, 1.54) is 23.9 Å². The number of fused-ring (bicyclic) bond motifs is 4. The van der Waals surface area contributed by atoms with Crippen LogP contribution in [0.25, 0.3) is 21.8 Å². The Hall–Kier alpha value is -5.62. The van der Waals surface area contributed by atoms with Crippen molar-refractivity contribution in [3.8, 4) is 5.75 Å². The molecule has 0 aliphatic carbocycles. The molecule has 59 heavy (non-hydrogen) atoms. The lowest BCUT2D eigenvalue weighted by Crippen LogP contribution is -2.49. The van der Waals surface area contributed by atoms with E-state index in [1.54, 1.807) is 0 Å². The van der Waals surface area contributed by atoms with Gasteiger partial charge in [-0.15, -0.1) is 0 Å². The topological polar surface area (TPSA) is 155 Å². The Labute approximate surface area is 341 Å². The maximum absolute atomic E-state index is 15.6. The monoisotopic (exact) mass is 833 g/mol. The van der Waals surface area contributed by atoms with E-state index in [0.717, 1.165) is 81.3 Å². The van der Waals surface area contributed by atoms with Crippen molar-refractivity contribution in [3.63, 3.8) is 0 Å². The van der Waals surface area contributed by atoms with Crippen LogP contribution >= 0.6 is 11.6 Å². The number of aryl methyl sites for hydroxylation is 2. The van der Waals surface area contributed by atoms with E-state index < -0.39 is 36.4 Å². The Bertz CT molecular complexity index is 2550. The molecule has 4 aliphatic heterocycles. The molecule has 3 aromatic heterocycles. The fourth-order valence-electron chi connectivity index (χ4n) is 8.77. The Morgan fingerprint density at radius 2 is 1.78 bits per heavy atom. The molecule has 3 saturated heterocycles. The minimum atomic E-state index is -3.21. The number of ether oxygens (including phenoxy) is 1. The molecule has 0 spiro atoms. The molecule has 19 heteroatoms. The Balaban J connectivity index is 0.832. The number of nitrogens with one attached hydrogen (secondary N) is 3. The Kier molecular flexibility index (Phi) is 10.0.